The molecule has 0 aromatic heterocycles. The quantitative estimate of drug-likeness (QED) is 0.544. The molecule has 1 aliphatic rings. The zero-order chi connectivity index (χ0) is 11.3. The lowest BCUT2D eigenvalue weighted by Crippen LogP contribution is -2.24. The first-order valence-electron chi connectivity index (χ1n) is 4.98. The second-order valence-electron chi connectivity index (χ2n) is 3.71. The van der Waals surface area contributed by atoms with E-state index in [9.17, 15) is 13.2 Å². The maximum Gasteiger partial charge on any atom is 0.411 e. The van der Waals surface area contributed by atoms with Crippen LogP contribution in [0.3, 0.4) is 0 Å². The largest absolute Gasteiger partial charge is 0.411 e. The minimum absolute atomic E-state index is 0.156. The Balaban J connectivity index is 1.93. The summed E-state index contributed by atoms with van der Waals surface area (Å²) in [5, 5.41) is 0.195. The molecule has 90 valence electrons. The maximum absolute atomic E-state index is 11.7. The molecule has 0 N–H and O–H groups in total. The number of hydrogen-bond donors (Lipinski definition) is 0. The highest BCUT2D eigenvalue weighted by Gasteiger charge is 2.27. The average Bonchev–Trinajstić information content (AvgIpc) is 2.49. The van der Waals surface area contributed by atoms with E-state index >= 15 is 0 Å². The molecule has 0 spiro atoms. The second-order valence-corrected chi connectivity index (χ2v) is 4.33. The Morgan fingerprint density at radius 1 is 1.40 bits per heavy atom. The van der Waals surface area contributed by atoms with Gasteiger partial charge >= 0.3 is 6.18 Å². The van der Waals surface area contributed by atoms with Crippen LogP contribution < -0.4 is 0 Å². The Morgan fingerprint density at radius 3 is 2.67 bits per heavy atom. The van der Waals surface area contributed by atoms with E-state index in [0.717, 1.165) is 26.1 Å². The Morgan fingerprint density at radius 2 is 2.13 bits per heavy atom. The third-order valence-corrected chi connectivity index (χ3v) is 2.60. The van der Waals surface area contributed by atoms with Gasteiger partial charge in [0, 0.05) is 25.1 Å². The molecular formula is C9H15ClF3NO. The van der Waals surface area contributed by atoms with E-state index in [1.54, 1.807) is 0 Å². The van der Waals surface area contributed by atoms with Crippen LogP contribution in [0.4, 0.5) is 13.2 Å². The lowest BCUT2D eigenvalue weighted by molar-refractivity contribution is -0.174. The fraction of sp³-hybridized carbons (Fsp3) is 1.00. The van der Waals surface area contributed by atoms with Crippen LogP contribution in [0.5, 0.6) is 0 Å². The highest BCUT2D eigenvalue weighted by Crippen LogP contribution is 2.16. The van der Waals surface area contributed by atoms with Crippen LogP contribution in [0.15, 0.2) is 0 Å². The third-order valence-electron chi connectivity index (χ3n) is 2.24. The number of hydrogen-bond acceptors (Lipinski definition) is 2. The first-order valence-corrected chi connectivity index (χ1v) is 5.42. The van der Waals surface area contributed by atoms with Gasteiger partial charge in [0.2, 0.25) is 0 Å². The number of halogens is 4. The van der Waals surface area contributed by atoms with Gasteiger partial charge in [-0.2, -0.15) is 13.2 Å². The van der Waals surface area contributed by atoms with Crippen molar-refractivity contribution in [2.24, 2.45) is 0 Å². The van der Waals surface area contributed by atoms with Gasteiger partial charge in [-0.1, -0.05) is 0 Å². The van der Waals surface area contributed by atoms with E-state index in [-0.39, 0.29) is 12.0 Å². The summed E-state index contributed by atoms with van der Waals surface area (Å²) < 4.78 is 39.5. The van der Waals surface area contributed by atoms with Crippen molar-refractivity contribution in [2.75, 3.05) is 32.8 Å². The summed E-state index contributed by atoms with van der Waals surface area (Å²) in [6, 6.07) is 0. The molecule has 1 atom stereocenters. The fourth-order valence-corrected chi connectivity index (χ4v) is 1.86. The minimum atomic E-state index is -4.21. The van der Waals surface area contributed by atoms with Gasteiger partial charge in [0.05, 0.1) is 0 Å². The molecule has 0 bridgehead atoms. The Hall–Kier alpha value is 0. The van der Waals surface area contributed by atoms with Crippen molar-refractivity contribution < 1.29 is 17.9 Å². The first kappa shape index (κ1) is 13.1. The minimum Gasteiger partial charge on any atom is -0.372 e. The number of nitrogens with zero attached hydrogens (tertiary/aromatic N) is 1. The monoisotopic (exact) mass is 245 g/mol. The lowest BCUT2D eigenvalue weighted by atomic mass is 10.4. The smallest absolute Gasteiger partial charge is 0.372 e. The van der Waals surface area contributed by atoms with E-state index in [4.69, 9.17) is 11.6 Å². The molecule has 0 amide bonds. The molecule has 0 radical (unpaired) electrons. The highest BCUT2D eigenvalue weighted by atomic mass is 35.5. The standard InChI is InChI=1S/C9H15ClF3NO/c10-8-2-4-14(6-8)3-1-5-15-7-9(11,12)13/h8H,1-7H2. The Kier molecular flexibility index (Phi) is 5.15. The Bertz CT molecular complexity index is 189. The van der Waals surface area contributed by atoms with Crippen molar-refractivity contribution in [3.05, 3.63) is 0 Å². The van der Waals surface area contributed by atoms with E-state index in [1.807, 2.05) is 0 Å². The van der Waals surface area contributed by atoms with Crippen molar-refractivity contribution in [1.82, 2.24) is 4.90 Å². The van der Waals surface area contributed by atoms with Crippen molar-refractivity contribution in [3.63, 3.8) is 0 Å². The van der Waals surface area contributed by atoms with Gasteiger partial charge in [0.25, 0.3) is 0 Å². The van der Waals surface area contributed by atoms with Crippen molar-refractivity contribution in [1.29, 1.82) is 0 Å². The molecule has 0 saturated carbocycles. The van der Waals surface area contributed by atoms with Gasteiger partial charge in [0.15, 0.2) is 0 Å². The summed E-state index contributed by atoms with van der Waals surface area (Å²) in [4.78, 5) is 2.15. The fourth-order valence-electron chi connectivity index (χ4n) is 1.57. The molecule has 2 nitrogen and oxygen atoms in total. The van der Waals surface area contributed by atoms with E-state index < -0.39 is 12.8 Å². The van der Waals surface area contributed by atoms with Crippen LogP contribution in [0, 0.1) is 0 Å². The van der Waals surface area contributed by atoms with Gasteiger partial charge in [-0.15, -0.1) is 11.6 Å². The number of likely N-dealkylation sites (tertiary alicyclic amines) is 1. The molecule has 1 saturated heterocycles. The Labute approximate surface area is 92.3 Å². The van der Waals surface area contributed by atoms with Crippen molar-refractivity contribution >= 4 is 11.6 Å². The van der Waals surface area contributed by atoms with Crippen molar-refractivity contribution in [2.45, 2.75) is 24.4 Å². The summed E-state index contributed by atoms with van der Waals surface area (Å²) in [5.41, 5.74) is 0. The first-order chi connectivity index (χ1) is 6.97. The second kappa shape index (κ2) is 5.92. The van der Waals surface area contributed by atoms with Gasteiger partial charge in [0.1, 0.15) is 6.61 Å². The van der Waals surface area contributed by atoms with Crippen LogP contribution in [-0.4, -0.2) is 49.3 Å². The molecular weight excluding hydrogens is 231 g/mol. The zero-order valence-corrected chi connectivity index (χ0v) is 9.15. The topological polar surface area (TPSA) is 12.5 Å². The van der Waals surface area contributed by atoms with E-state index in [1.165, 1.54) is 0 Å². The SMILES string of the molecule is FC(F)(F)COCCCN1CCC(Cl)C1. The van der Waals surface area contributed by atoms with Crippen LogP contribution >= 0.6 is 11.6 Å². The summed E-state index contributed by atoms with van der Waals surface area (Å²) in [6.45, 7) is 1.55. The number of alkyl halides is 4. The molecule has 1 unspecified atom stereocenters. The molecule has 1 heterocycles. The molecule has 1 rings (SSSR count). The van der Waals surface area contributed by atoms with Crippen LogP contribution in [-0.2, 0) is 4.74 Å². The third kappa shape index (κ3) is 6.22. The van der Waals surface area contributed by atoms with E-state index in [0.29, 0.717) is 6.42 Å². The molecule has 0 aromatic rings. The highest BCUT2D eigenvalue weighted by molar-refractivity contribution is 6.20. The van der Waals surface area contributed by atoms with Gasteiger partial charge in [-0.05, 0) is 19.4 Å². The summed E-state index contributed by atoms with van der Waals surface area (Å²) in [7, 11) is 0. The lowest BCUT2D eigenvalue weighted by Gasteiger charge is -2.14. The average molecular weight is 246 g/mol. The molecule has 6 heteroatoms. The normalized spacial score (nSPS) is 23.6. The molecule has 1 fully saturated rings. The maximum atomic E-state index is 11.7. The van der Waals surface area contributed by atoms with Crippen molar-refractivity contribution in [3.8, 4) is 0 Å². The summed E-state index contributed by atoms with van der Waals surface area (Å²) in [6.07, 6.45) is -2.63. The molecule has 15 heavy (non-hydrogen) atoms. The number of rotatable bonds is 5. The molecule has 0 aliphatic carbocycles. The number of ether oxygens (including phenoxy) is 1. The van der Waals surface area contributed by atoms with Crippen LogP contribution in [0.25, 0.3) is 0 Å². The van der Waals surface area contributed by atoms with Crippen LogP contribution in [0.1, 0.15) is 12.8 Å². The van der Waals surface area contributed by atoms with Crippen LogP contribution in [0.2, 0.25) is 0 Å². The summed E-state index contributed by atoms with van der Waals surface area (Å²) in [5.74, 6) is 0. The predicted molar refractivity (Wildman–Crippen MR) is 52.2 cm³/mol. The molecule has 1 aliphatic heterocycles. The molecule has 0 aromatic carbocycles. The van der Waals surface area contributed by atoms with Gasteiger partial charge < -0.3 is 9.64 Å². The predicted octanol–water partition coefficient (Wildman–Crippen LogP) is 2.27. The van der Waals surface area contributed by atoms with Gasteiger partial charge in [-0.25, -0.2) is 0 Å². The van der Waals surface area contributed by atoms with E-state index in [2.05, 4.69) is 9.64 Å². The zero-order valence-electron chi connectivity index (χ0n) is 8.39. The summed E-state index contributed by atoms with van der Waals surface area (Å²) >= 11 is 5.89. The van der Waals surface area contributed by atoms with Gasteiger partial charge in [-0.3, -0.25) is 0 Å².